The van der Waals surface area contributed by atoms with Crippen LogP contribution >= 0.6 is 0 Å². The van der Waals surface area contributed by atoms with Crippen LogP contribution in [0.15, 0.2) is 36.4 Å². The quantitative estimate of drug-likeness (QED) is 0.521. The summed E-state index contributed by atoms with van der Waals surface area (Å²) in [7, 11) is 0. The Morgan fingerprint density at radius 3 is 2.69 bits per heavy atom. The third kappa shape index (κ3) is 4.65. The van der Waals surface area contributed by atoms with Crippen LogP contribution in [0.25, 0.3) is 10.8 Å². The Kier molecular flexibility index (Phi) is 6.24. The Balaban J connectivity index is 1.62. The molecule has 32 heavy (non-hydrogen) atoms. The van der Waals surface area contributed by atoms with Gasteiger partial charge in [-0.3, -0.25) is 0 Å². The molecule has 0 aliphatic carbocycles. The molecule has 3 aromatic rings. The summed E-state index contributed by atoms with van der Waals surface area (Å²) in [6.45, 7) is 6.80. The first-order valence-corrected chi connectivity index (χ1v) is 10.8. The summed E-state index contributed by atoms with van der Waals surface area (Å²) in [6, 6.07) is 9.98. The minimum Gasteiger partial charge on any atom is -0.492 e. The van der Waals surface area contributed by atoms with Crippen LogP contribution in [0.1, 0.15) is 48.2 Å². The highest BCUT2D eigenvalue weighted by Crippen LogP contribution is 2.36. The van der Waals surface area contributed by atoms with E-state index in [1.807, 2.05) is 32.0 Å². The predicted molar refractivity (Wildman–Crippen MR) is 119 cm³/mol. The van der Waals surface area contributed by atoms with Crippen molar-refractivity contribution in [3.05, 3.63) is 58.8 Å². The lowest BCUT2D eigenvalue weighted by Gasteiger charge is -2.21. The highest BCUT2D eigenvalue weighted by molar-refractivity contribution is 5.94. The molecule has 4 rings (SSSR count). The maximum Gasteiger partial charge on any atom is 0.416 e. The van der Waals surface area contributed by atoms with Gasteiger partial charge in [-0.05, 0) is 75.5 Å². The molecule has 0 spiro atoms. The molecule has 1 aliphatic heterocycles. The number of hydrogen-bond acceptors (Lipinski definition) is 5. The normalized spacial score (nSPS) is 17.5. The third-order valence-electron chi connectivity index (χ3n) is 6.05. The first-order valence-electron chi connectivity index (χ1n) is 10.8. The summed E-state index contributed by atoms with van der Waals surface area (Å²) >= 11 is 0. The number of benzene rings is 2. The fraction of sp³-hybridized carbons (Fsp3) is 0.417. The average Bonchev–Trinajstić information content (AvgIpc) is 3.27. The van der Waals surface area contributed by atoms with E-state index in [0.29, 0.717) is 24.0 Å². The maximum atomic E-state index is 13.3. The number of hydrogen-bond donors (Lipinski definition) is 2. The SMILES string of the molecule is Cc1c(C(C)Nc2nnc(C)c3ccc(OC[C@H]4CCCN4)cc23)cccc1C(F)(F)F. The Bertz CT molecular complexity index is 1110. The monoisotopic (exact) mass is 444 g/mol. The zero-order chi connectivity index (χ0) is 22.9. The van der Waals surface area contributed by atoms with Gasteiger partial charge in [-0.2, -0.15) is 18.3 Å². The van der Waals surface area contributed by atoms with Crippen LogP contribution in [0.4, 0.5) is 19.0 Å². The standard InChI is InChI=1S/C24H27F3N4O/c1-14-19(7-4-8-22(14)24(25,26)27)15(2)29-23-21-12-18(32-13-17-6-5-11-28-17)9-10-20(21)16(3)30-31-23/h4,7-10,12,15,17,28H,5-6,11,13H2,1-3H3,(H,29,31)/t15?,17-/m1/s1. The van der Waals surface area contributed by atoms with Crippen LogP contribution in [0.2, 0.25) is 0 Å². The number of fused-ring (bicyclic) bond motifs is 1. The van der Waals surface area contributed by atoms with Crippen LogP contribution in [-0.4, -0.2) is 29.4 Å². The molecule has 1 saturated heterocycles. The number of halogens is 3. The summed E-state index contributed by atoms with van der Waals surface area (Å²) < 4.78 is 46.0. The van der Waals surface area contributed by atoms with E-state index in [9.17, 15) is 13.2 Å². The van der Waals surface area contributed by atoms with E-state index < -0.39 is 17.8 Å². The van der Waals surface area contributed by atoms with Crippen molar-refractivity contribution < 1.29 is 17.9 Å². The van der Waals surface area contributed by atoms with E-state index in [-0.39, 0.29) is 5.56 Å². The van der Waals surface area contributed by atoms with Gasteiger partial charge in [0.05, 0.1) is 17.3 Å². The second kappa shape index (κ2) is 8.94. The van der Waals surface area contributed by atoms with Crippen molar-refractivity contribution >= 4 is 16.6 Å². The van der Waals surface area contributed by atoms with E-state index in [4.69, 9.17) is 4.74 Å². The topological polar surface area (TPSA) is 59.1 Å². The van der Waals surface area contributed by atoms with Gasteiger partial charge in [0.25, 0.3) is 0 Å². The molecule has 1 fully saturated rings. The summed E-state index contributed by atoms with van der Waals surface area (Å²) in [6.07, 6.45) is -2.14. The van der Waals surface area contributed by atoms with E-state index >= 15 is 0 Å². The summed E-state index contributed by atoms with van der Waals surface area (Å²) in [5, 5.41) is 16.9. The van der Waals surface area contributed by atoms with Gasteiger partial charge in [-0.1, -0.05) is 12.1 Å². The number of aromatic nitrogens is 2. The van der Waals surface area contributed by atoms with E-state index in [0.717, 1.165) is 47.7 Å². The molecule has 2 atom stereocenters. The fourth-order valence-electron chi connectivity index (χ4n) is 4.27. The van der Waals surface area contributed by atoms with Gasteiger partial charge in [-0.25, -0.2) is 0 Å². The Morgan fingerprint density at radius 2 is 1.97 bits per heavy atom. The number of aryl methyl sites for hydroxylation is 1. The minimum atomic E-state index is -4.39. The summed E-state index contributed by atoms with van der Waals surface area (Å²) in [5.74, 6) is 1.24. The lowest BCUT2D eigenvalue weighted by molar-refractivity contribution is -0.138. The van der Waals surface area contributed by atoms with Crippen molar-refractivity contribution in [3.63, 3.8) is 0 Å². The lowest BCUT2D eigenvalue weighted by Crippen LogP contribution is -2.28. The van der Waals surface area contributed by atoms with Gasteiger partial charge in [-0.15, -0.1) is 5.10 Å². The number of nitrogens with zero attached hydrogens (tertiary/aromatic N) is 2. The molecule has 0 bridgehead atoms. The van der Waals surface area contributed by atoms with Crippen LogP contribution in [0.3, 0.4) is 0 Å². The molecule has 0 saturated carbocycles. The number of anilines is 1. The molecule has 5 nitrogen and oxygen atoms in total. The Labute approximate surface area is 185 Å². The lowest BCUT2D eigenvalue weighted by atomic mass is 9.97. The Morgan fingerprint density at radius 1 is 1.16 bits per heavy atom. The summed E-state index contributed by atoms with van der Waals surface area (Å²) in [5.41, 5.74) is 0.921. The van der Waals surface area contributed by atoms with E-state index in [1.165, 1.54) is 13.0 Å². The first kappa shape index (κ1) is 22.3. The van der Waals surface area contributed by atoms with Gasteiger partial charge in [0, 0.05) is 16.8 Å². The van der Waals surface area contributed by atoms with Crippen molar-refractivity contribution in [1.29, 1.82) is 0 Å². The summed E-state index contributed by atoms with van der Waals surface area (Å²) in [4.78, 5) is 0. The highest BCUT2D eigenvalue weighted by Gasteiger charge is 2.33. The number of alkyl halides is 3. The largest absolute Gasteiger partial charge is 0.492 e. The van der Waals surface area contributed by atoms with Crippen molar-refractivity contribution in [2.75, 3.05) is 18.5 Å². The molecular weight excluding hydrogens is 417 g/mol. The molecule has 1 aromatic heterocycles. The fourth-order valence-corrected chi connectivity index (χ4v) is 4.27. The molecular formula is C24H27F3N4O. The predicted octanol–water partition coefficient (Wildman–Crippen LogP) is 5.57. The number of ether oxygens (including phenoxy) is 1. The van der Waals surface area contributed by atoms with Crippen LogP contribution in [0, 0.1) is 13.8 Å². The van der Waals surface area contributed by atoms with Crippen LogP contribution in [-0.2, 0) is 6.18 Å². The second-order valence-electron chi connectivity index (χ2n) is 8.33. The van der Waals surface area contributed by atoms with Crippen LogP contribution in [0.5, 0.6) is 5.75 Å². The van der Waals surface area contributed by atoms with Gasteiger partial charge in [0.15, 0.2) is 5.82 Å². The Hall–Kier alpha value is -2.87. The van der Waals surface area contributed by atoms with Gasteiger partial charge in [0.2, 0.25) is 0 Å². The molecule has 0 amide bonds. The number of nitrogens with one attached hydrogen (secondary N) is 2. The molecule has 2 aromatic carbocycles. The van der Waals surface area contributed by atoms with Gasteiger partial charge < -0.3 is 15.4 Å². The molecule has 8 heteroatoms. The zero-order valence-electron chi connectivity index (χ0n) is 18.4. The minimum absolute atomic E-state index is 0.206. The average molecular weight is 445 g/mol. The van der Waals surface area contributed by atoms with E-state index in [1.54, 1.807) is 6.07 Å². The molecule has 2 N–H and O–H groups in total. The van der Waals surface area contributed by atoms with Gasteiger partial charge >= 0.3 is 6.18 Å². The molecule has 170 valence electrons. The molecule has 0 radical (unpaired) electrons. The van der Waals surface area contributed by atoms with Crippen LogP contribution < -0.4 is 15.4 Å². The molecule has 1 aliphatic rings. The van der Waals surface area contributed by atoms with Gasteiger partial charge in [0.1, 0.15) is 12.4 Å². The van der Waals surface area contributed by atoms with Crippen molar-refractivity contribution in [2.45, 2.75) is 51.9 Å². The first-order chi connectivity index (χ1) is 15.2. The number of rotatable bonds is 6. The van der Waals surface area contributed by atoms with Crippen molar-refractivity contribution in [2.24, 2.45) is 0 Å². The molecule has 1 unspecified atom stereocenters. The molecule has 2 heterocycles. The second-order valence-corrected chi connectivity index (χ2v) is 8.33. The zero-order valence-corrected chi connectivity index (χ0v) is 18.4. The van der Waals surface area contributed by atoms with Crippen molar-refractivity contribution in [3.8, 4) is 5.75 Å². The van der Waals surface area contributed by atoms with Crippen molar-refractivity contribution in [1.82, 2.24) is 15.5 Å². The third-order valence-corrected chi connectivity index (χ3v) is 6.05. The smallest absolute Gasteiger partial charge is 0.416 e. The maximum absolute atomic E-state index is 13.3. The van der Waals surface area contributed by atoms with E-state index in [2.05, 4.69) is 20.8 Å². The highest BCUT2D eigenvalue weighted by atomic mass is 19.4.